The fourth-order valence-electron chi connectivity index (χ4n) is 1.40. The molecule has 0 bridgehead atoms. The largest absolute Gasteiger partial charge is 0.365 e. The van der Waals surface area contributed by atoms with Crippen LogP contribution >= 0.6 is 0 Å². The molecule has 2 rings (SSSR count). The number of aromatic nitrogens is 2. The van der Waals surface area contributed by atoms with E-state index in [-0.39, 0.29) is 0 Å². The van der Waals surface area contributed by atoms with Gasteiger partial charge in [-0.15, -0.1) is 0 Å². The van der Waals surface area contributed by atoms with Crippen LogP contribution in [0, 0.1) is 11.3 Å². The van der Waals surface area contributed by atoms with Crippen LogP contribution in [0.15, 0.2) is 24.5 Å². The Hall–Kier alpha value is -1.89. The van der Waals surface area contributed by atoms with Crippen LogP contribution in [-0.4, -0.2) is 16.0 Å². The highest BCUT2D eigenvalue weighted by molar-refractivity contribution is 5.35. The van der Waals surface area contributed by atoms with Crippen molar-refractivity contribution in [3.63, 3.8) is 0 Å². The maximum Gasteiger partial charge on any atom is 0.158 e. The van der Waals surface area contributed by atoms with Crippen LogP contribution in [0.2, 0.25) is 0 Å². The van der Waals surface area contributed by atoms with E-state index in [0.29, 0.717) is 11.7 Å². The van der Waals surface area contributed by atoms with Gasteiger partial charge in [0.2, 0.25) is 0 Å². The third-order valence-corrected chi connectivity index (χ3v) is 2.13. The lowest BCUT2D eigenvalue weighted by Gasteiger charge is -2.11. The fourth-order valence-corrected chi connectivity index (χ4v) is 1.40. The first kappa shape index (κ1) is 8.70. The minimum atomic E-state index is 0.347. The van der Waals surface area contributed by atoms with Crippen LogP contribution in [0.25, 0.3) is 0 Å². The van der Waals surface area contributed by atoms with E-state index in [9.17, 15) is 0 Å². The van der Waals surface area contributed by atoms with Crippen molar-refractivity contribution in [3.05, 3.63) is 30.2 Å². The number of hydrogen-bond donors (Lipinski definition) is 1. The van der Waals surface area contributed by atoms with Gasteiger partial charge < -0.3 is 5.32 Å². The van der Waals surface area contributed by atoms with Gasteiger partial charge in [-0.3, -0.25) is 0 Å². The molecule has 4 nitrogen and oxygen atoms in total. The molecular weight excluding hydrogens is 176 g/mol. The maximum absolute atomic E-state index is 8.53. The molecule has 0 unspecified atom stereocenters. The van der Waals surface area contributed by atoms with Gasteiger partial charge in [0, 0.05) is 6.04 Å². The summed E-state index contributed by atoms with van der Waals surface area (Å²) in [4.78, 5) is 8.02. The number of nitrogens with zero attached hydrogens (tertiary/aromatic N) is 3. The molecule has 0 radical (unpaired) electrons. The summed E-state index contributed by atoms with van der Waals surface area (Å²) >= 11 is 0. The quantitative estimate of drug-likeness (QED) is 0.710. The molecule has 1 N–H and O–H groups in total. The Morgan fingerprint density at radius 1 is 1.29 bits per heavy atom. The summed E-state index contributed by atoms with van der Waals surface area (Å²) in [7, 11) is 0. The Balaban J connectivity index is 2.00. The molecule has 1 heterocycles. The number of nitrogens with one attached hydrogen (secondary N) is 1. The normalized spacial score (nSPS) is 15.4. The van der Waals surface area contributed by atoms with Crippen LogP contribution in [0.3, 0.4) is 0 Å². The third kappa shape index (κ3) is 1.88. The Morgan fingerprint density at radius 2 is 2.07 bits per heavy atom. The van der Waals surface area contributed by atoms with Crippen LogP contribution in [0.1, 0.15) is 18.5 Å². The number of hydrogen-bond acceptors (Lipinski definition) is 4. The number of nitriles is 1. The lowest BCUT2D eigenvalue weighted by molar-refractivity contribution is 0.779. The first-order valence-electron chi connectivity index (χ1n) is 4.52. The molecule has 1 aromatic rings. The van der Waals surface area contributed by atoms with E-state index >= 15 is 0 Å². The molecule has 4 heteroatoms. The van der Waals surface area contributed by atoms with Gasteiger partial charge in [-0.1, -0.05) is 12.2 Å². The topological polar surface area (TPSA) is 61.6 Å². The lowest BCUT2D eigenvalue weighted by atomic mass is 10.2. The lowest BCUT2D eigenvalue weighted by Crippen LogP contribution is -2.16. The van der Waals surface area contributed by atoms with Gasteiger partial charge in [0.1, 0.15) is 11.9 Å². The minimum Gasteiger partial charge on any atom is -0.365 e. The molecule has 1 aliphatic carbocycles. The molecule has 0 amide bonds. The molecule has 0 atom stereocenters. The Bertz CT molecular complexity index is 366. The monoisotopic (exact) mass is 186 g/mol. The second-order valence-electron chi connectivity index (χ2n) is 3.18. The zero-order chi connectivity index (χ0) is 9.80. The van der Waals surface area contributed by atoms with E-state index in [1.54, 1.807) is 6.20 Å². The number of anilines is 1. The molecule has 1 aromatic heterocycles. The van der Waals surface area contributed by atoms with Crippen molar-refractivity contribution in [2.45, 2.75) is 18.9 Å². The average Bonchev–Trinajstić information content (AvgIpc) is 2.72. The summed E-state index contributed by atoms with van der Waals surface area (Å²) in [5, 5.41) is 11.8. The summed E-state index contributed by atoms with van der Waals surface area (Å²) in [5.74, 6) is 0.734. The maximum atomic E-state index is 8.53. The molecule has 0 saturated carbocycles. The fraction of sp³-hybridized carbons (Fsp3) is 0.300. The van der Waals surface area contributed by atoms with Crippen molar-refractivity contribution in [2.75, 3.05) is 5.32 Å². The van der Waals surface area contributed by atoms with Gasteiger partial charge in [0.25, 0.3) is 0 Å². The molecular formula is C10H10N4. The van der Waals surface area contributed by atoms with Crippen molar-refractivity contribution in [2.24, 2.45) is 0 Å². The highest BCUT2D eigenvalue weighted by atomic mass is 15.0. The number of rotatable bonds is 2. The first-order chi connectivity index (χ1) is 6.88. The molecule has 0 spiro atoms. The average molecular weight is 186 g/mol. The first-order valence-corrected chi connectivity index (χ1v) is 4.52. The van der Waals surface area contributed by atoms with E-state index in [1.165, 1.54) is 6.20 Å². The van der Waals surface area contributed by atoms with E-state index in [1.807, 2.05) is 6.07 Å². The summed E-state index contributed by atoms with van der Waals surface area (Å²) in [6.45, 7) is 0. The van der Waals surface area contributed by atoms with E-state index in [2.05, 4.69) is 27.4 Å². The molecule has 14 heavy (non-hydrogen) atoms. The SMILES string of the molecule is N#Cc1cnc(NC2CC=CC2)cn1. The summed E-state index contributed by atoms with van der Waals surface area (Å²) in [6.07, 6.45) is 9.43. The van der Waals surface area contributed by atoms with E-state index < -0.39 is 0 Å². The molecule has 0 aliphatic heterocycles. The van der Waals surface area contributed by atoms with Gasteiger partial charge >= 0.3 is 0 Å². The molecule has 0 fully saturated rings. The van der Waals surface area contributed by atoms with E-state index in [0.717, 1.165) is 18.7 Å². The van der Waals surface area contributed by atoms with Crippen LogP contribution in [0.4, 0.5) is 5.82 Å². The molecule has 0 aromatic carbocycles. The molecule has 0 saturated heterocycles. The van der Waals surface area contributed by atoms with Gasteiger partial charge in [-0.2, -0.15) is 5.26 Å². The van der Waals surface area contributed by atoms with Crippen LogP contribution in [0.5, 0.6) is 0 Å². The van der Waals surface area contributed by atoms with Crippen molar-refractivity contribution in [1.82, 2.24) is 9.97 Å². The van der Waals surface area contributed by atoms with Gasteiger partial charge in [0.05, 0.1) is 12.4 Å². The van der Waals surface area contributed by atoms with Gasteiger partial charge in [-0.05, 0) is 12.8 Å². The van der Waals surface area contributed by atoms with Crippen LogP contribution in [-0.2, 0) is 0 Å². The zero-order valence-corrected chi connectivity index (χ0v) is 7.64. The minimum absolute atomic E-state index is 0.347. The Kier molecular flexibility index (Phi) is 2.41. The standard InChI is InChI=1S/C10H10N4/c11-5-9-6-13-10(7-12-9)14-8-3-1-2-4-8/h1-2,6-8H,3-4H2,(H,13,14). The Morgan fingerprint density at radius 3 is 2.64 bits per heavy atom. The van der Waals surface area contributed by atoms with Crippen molar-refractivity contribution >= 4 is 5.82 Å². The van der Waals surface area contributed by atoms with Crippen molar-refractivity contribution in [3.8, 4) is 6.07 Å². The van der Waals surface area contributed by atoms with Crippen molar-refractivity contribution < 1.29 is 0 Å². The highest BCUT2D eigenvalue weighted by Crippen LogP contribution is 2.14. The summed E-state index contributed by atoms with van der Waals surface area (Å²) < 4.78 is 0. The molecule has 70 valence electrons. The molecule has 1 aliphatic rings. The third-order valence-electron chi connectivity index (χ3n) is 2.13. The van der Waals surface area contributed by atoms with E-state index in [4.69, 9.17) is 5.26 Å². The second-order valence-corrected chi connectivity index (χ2v) is 3.18. The van der Waals surface area contributed by atoms with Gasteiger partial charge in [-0.25, -0.2) is 9.97 Å². The van der Waals surface area contributed by atoms with Crippen molar-refractivity contribution in [1.29, 1.82) is 5.26 Å². The zero-order valence-electron chi connectivity index (χ0n) is 7.64. The summed E-state index contributed by atoms with van der Waals surface area (Å²) in [5.41, 5.74) is 0.347. The van der Waals surface area contributed by atoms with Gasteiger partial charge in [0.15, 0.2) is 5.69 Å². The second kappa shape index (κ2) is 3.88. The highest BCUT2D eigenvalue weighted by Gasteiger charge is 2.09. The van der Waals surface area contributed by atoms with Crippen LogP contribution < -0.4 is 5.32 Å². The predicted molar refractivity (Wildman–Crippen MR) is 52.5 cm³/mol. The smallest absolute Gasteiger partial charge is 0.158 e. The summed E-state index contributed by atoms with van der Waals surface area (Å²) in [6, 6.07) is 2.36. The Labute approximate surface area is 82.3 Å². The predicted octanol–water partition coefficient (Wildman–Crippen LogP) is 1.48.